The lowest BCUT2D eigenvalue weighted by Crippen LogP contribution is -2.11. The van der Waals surface area contributed by atoms with Gasteiger partial charge in [-0.3, -0.25) is 0 Å². The first-order valence-corrected chi connectivity index (χ1v) is 5.37. The van der Waals surface area contributed by atoms with E-state index >= 15 is 0 Å². The summed E-state index contributed by atoms with van der Waals surface area (Å²) < 4.78 is 0. The molecule has 0 amide bonds. The van der Waals surface area contributed by atoms with E-state index in [9.17, 15) is 0 Å². The third-order valence-electron chi connectivity index (χ3n) is 2.42. The van der Waals surface area contributed by atoms with Crippen LogP contribution in [-0.4, -0.2) is 27.2 Å². The fraction of sp³-hybridized carbons (Fsp3) is 0.500. The summed E-state index contributed by atoms with van der Waals surface area (Å²) in [5.41, 5.74) is 9.16. The summed E-state index contributed by atoms with van der Waals surface area (Å²) in [6.45, 7) is 3.80. The van der Waals surface area contributed by atoms with Crippen molar-refractivity contribution in [1.29, 1.82) is 0 Å². The Morgan fingerprint density at radius 2 is 2.07 bits per heavy atom. The molecule has 0 fully saturated rings. The number of nitrogens with one attached hydrogen (secondary N) is 1. The van der Waals surface area contributed by atoms with E-state index in [2.05, 4.69) is 49.4 Å². The molecular weight excluding hydrogens is 186 g/mol. The molecule has 0 heterocycles. The highest BCUT2D eigenvalue weighted by Crippen LogP contribution is 2.21. The summed E-state index contributed by atoms with van der Waals surface area (Å²) in [7, 11) is 4.10. The van der Waals surface area contributed by atoms with Gasteiger partial charge < -0.3 is 16.0 Å². The van der Waals surface area contributed by atoms with E-state index in [0.29, 0.717) is 0 Å². The third-order valence-corrected chi connectivity index (χ3v) is 2.42. The van der Waals surface area contributed by atoms with Crippen molar-refractivity contribution in [2.75, 3.05) is 37.4 Å². The zero-order valence-corrected chi connectivity index (χ0v) is 9.88. The number of nitrogens with two attached hydrogens (primary N) is 1. The van der Waals surface area contributed by atoms with Gasteiger partial charge in [-0.25, -0.2) is 0 Å². The van der Waals surface area contributed by atoms with Crippen LogP contribution in [0.4, 0.5) is 11.4 Å². The molecule has 0 spiro atoms. The lowest BCUT2D eigenvalue weighted by Gasteiger charge is -2.15. The maximum absolute atomic E-state index is 5.45. The average Bonchev–Trinajstić information content (AvgIpc) is 2.20. The van der Waals surface area contributed by atoms with Gasteiger partial charge in [-0.1, -0.05) is 0 Å². The Balaban J connectivity index is 2.66. The quantitative estimate of drug-likeness (QED) is 0.724. The number of anilines is 2. The normalized spacial score (nSPS) is 10.1. The summed E-state index contributed by atoms with van der Waals surface area (Å²) in [6, 6.07) is 6.43. The molecule has 0 atom stereocenters. The van der Waals surface area contributed by atoms with Gasteiger partial charge >= 0.3 is 0 Å². The summed E-state index contributed by atoms with van der Waals surface area (Å²) >= 11 is 0. The molecule has 0 unspecified atom stereocenters. The molecule has 15 heavy (non-hydrogen) atoms. The van der Waals surface area contributed by atoms with E-state index in [1.54, 1.807) is 0 Å². The Bertz CT molecular complexity index is 308. The molecule has 0 radical (unpaired) electrons. The van der Waals surface area contributed by atoms with Gasteiger partial charge in [0.25, 0.3) is 0 Å². The number of rotatable bonds is 5. The Morgan fingerprint density at radius 1 is 1.33 bits per heavy atom. The van der Waals surface area contributed by atoms with E-state index in [-0.39, 0.29) is 0 Å². The molecule has 0 saturated heterocycles. The second-order valence-corrected chi connectivity index (χ2v) is 3.96. The molecule has 0 saturated carbocycles. The monoisotopic (exact) mass is 207 g/mol. The predicted octanol–water partition coefficient (Wildman–Crippen LogP) is 1.82. The minimum absolute atomic E-state index is 0.738. The van der Waals surface area contributed by atoms with Crippen molar-refractivity contribution in [3.05, 3.63) is 23.8 Å². The Morgan fingerprint density at radius 3 is 2.60 bits per heavy atom. The molecule has 0 aliphatic rings. The van der Waals surface area contributed by atoms with Gasteiger partial charge in [0.2, 0.25) is 0 Å². The summed E-state index contributed by atoms with van der Waals surface area (Å²) in [5, 5.41) is 3.38. The zero-order valence-electron chi connectivity index (χ0n) is 9.88. The van der Waals surface area contributed by atoms with Gasteiger partial charge in [0.15, 0.2) is 0 Å². The zero-order chi connectivity index (χ0) is 11.3. The Labute approximate surface area is 92.3 Å². The van der Waals surface area contributed by atoms with E-state index in [4.69, 9.17) is 5.73 Å². The summed E-state index contributed by atoms with van der Waals surface area (Å²) in [5.74, 6) is 0. The van der Waals surface area contributed by atoms with Crippen molar-refractivity contribution in [2.45, 2.75) is 13.3 Å². The van der Waals surface area contributed by atoms with Crippen molar-refractivity contribution in [3.63, 3.8) is 0 Å². The van der Waals surface area contributed by atoms with Crippen LogP contribution >= 0.6 is 0 Å². The average molecular weight is 207 g/mol. The third kappa shape index (κ3) is 3.44. The van der Waals surface area contributed by atoms with Gasteiger partial charge in [-0.05, 0) is 43.7 Å². The van der Waals surface area contributed by atoms with Crippen molar-refractivity contribution in [3.8, 4) is 0 Å². The molecular formula is C12H21N3. The molecule has 0 bridgehead atoms. The first-order chi connectivity index (χ1) is 7.15. The number of hydrogen-bond donors (Lipinski definition) is 2. The highest BCUT2D eigenvalue weighted by molar-refractivity contribution is 5.59. The van der Waals surface area contributed by atoms with Crippen molar-refractivity contribution in [1.82, 2.24) is 0 Å². The minimum atomic E-state index is 0.738. The van der Waals surface area contributed by atoms with Crippen LogP contribution in [0.5, 0.6) is 0 Å². The van der Waals surface area contributed by atoms with Gasteiger partial charge in [0, 0.05) is 32.0 Å². The van der Waals surface area contributed by atoms with E-state index in [0.717, 1.165) is 19.5 Å². The molecule has 0 aliphatic heterocycles. The minimum Gasteiger partial charge on any atom is -0.385 e. The number of benzene rings is 1. The lowest BCUT2D eigenvalue weighted by molar-refractivity contribution is 0.873. The second-order valence-electron chi connectivity index (χ2n) is 3.96. The lowest BCUT2D eigenvalue weighted by atomic mass is 10.1. The van der Waals surface area contributed by atoms with E-state index in [1.807, 2.05) is 0 Å². The first-order valence-electron chi connectivity index (χ1n) is 5.37. The van der Waals surface area contributed by atoms with Crippen LogP contribution in [0.2, 0.25) is 0 Å². The maximum Gasteiger partial charge on any atom is 0.0371 e. The van der Waals surface area contributed by atoms with Crippen LogP contribution in [0.15, 0.2) is 18.2 Å². The molecule has 1 rings (SSSR count). The Hall–Kier alpha value is -1.22. The van der Waals surface area contributed by atoms with Crippen LogP contribution in [0.3, 0.4) is 0 Å². The van der Waals surface area contributed by atoms with Crippen LogP contribution in [0.25, 0.3) is 0 Å². The molecule has 1 aromatic rings. The second kappa shape index (κ2) is 5.61. The van der Waals surface area contributed by atoms with Crippen molar-refractivity contribution >= 4 is 11.4 Å². The topological polar surface area (TPSA) is 41.3 Å². The standard InChI is InChI=1S/C12H21N3/c1-10-9-11(15(2)3)5-6-12(10)14-8-4-7-13/h5-6,9,14H,4,7-8,13H2,1-3H3. The van der Waals surface area contributed by atoms with Crippen LogP contribution in [-0.2, 0) is 0 Å². The first kappa shape index (κ1) is 11.9. The van der Waals surface area contributed by atoms with Gasteiger partial charge in [-0.15, -0.1) is 0 Å². The highest BCUT2D eigenvalue weighted by Gasteiger charge is 2.00. The van der Waals surface area contributed by atoms with Crippen molar-refractivity contribution < 1.29 is 0 Å². The Kier molecular flexibility index (Phi) is 4.43. The van der Waals surface area contributed by atoms with Crippen LogP contribution in [0, 0.1) is 6.92 Å². The van der Waals surface area contributed by atoms with Gasteiger partial charge in [-0.2, -0.15) is 0 Å². The maximum atomic E-state index is 5.45. The molecule has 0 aromatic heterocycles. The molecule has 0 aliphatic carbocycles. The molecule has 1 aromatic carbocycles. The predicted molar refractivity (Wildman–Crippen MR) is 67.7 cm³/mol. The van der Waals surface area contributed by atoms with Gasteiger partial charge in [0.05, 0.1) is 0 Å². The highest BCUT2D eigenvalue weighted by atomic mass is 15.1. The van der Waals surface area contributed by atoms with E-state index in [1.165, 1.54) is 16.9 Å². The smallest absolute Gasteiger partial charge is 0.0371 e. The van der Waals surface area contributed by atoms with E-state index < -0.39 is 0 Å². The van der Waals surface area contributed by atoms with Gasteiger partial charge in [0.1, 0.15) is 0 Å². The molecule has 3 heteroatoms. The molecule has 3 N–H and O–H groups in total. The van der Waals surface area contributed by atoms with Crippen LogP contribution < -0.4 is 16.0 Å². The number of nitrogens with zero attached hydrogens (tertiary/aromatic N) is 1. The van der Waals surface area contributed by atoms with Crippen molar-refractivity contribution in [2.24, 2.45) is 5.73 Å². The largest absolute Gasteiger partial charge is 0.385 e. The molecule has 84 valence electrons. The SMILES string of the molecule is Cc1cc(N(C)C)ccc1NCCCN. The summed E-state index contributed by atoms with van der Waals surface area (Å²) in [4.78, 5) is 2.11. The molecule has 3 nitrogen and oxygen atoms in total. The number of hydrogen-bond acceptors (Lipinski definition) is 3. The fourth-order valence-corrected chi connectivity index (χ4v) is 1.45. The van der Waals surface area contributed by atoms with Crippen LogP contribution in [0.1, 0.15) is 12.0 Å². The summed E-state index contributed by atoms with van der Waals surface area (Å²) in [6.07, 6.45) is 1.01. The number of aryl methyl sites for hydroxylation is 1. The fourth-order valence-electron chi connectivity index (χ4n) is 1.45.